The molecule has 25 rings (SSSR count). The van der Waals surface area contributed by atoms with Gasteiger partial charge in [0.05, 0.1) is 169 Å². The van der Waals surface area contributed by atoms with Crippen molar-refractivity contribution >= 4 is 88.7 Å². The molecule has 37 nitrogen and oxygen atoms in total. The van der Waals surface area contributed by atoms with E-state index in [4.69, 9.17) is 0 Å². The van der Waals surface area contributed by atoms with Gasteiger partial charge in [-0.1, -0.05) is 50.3 Å². The lowest BCUT2D eigenvalue weighted by Crippen LogP contribution is -2.33. The Morgan fingerprint density at radius 1 is 0.329 bits per heavy atom. The molecule has 5 aliphatic heterocycles. The van der Waals surface area contributed by atoms with Gasteiger partial charge >= 0.3 is 0 Å². The van der Waals surface area contributed by atoms with Crippen LogP contribution in [-0.2, 0) is 21.1 Å². The summed E-state index contributed by atoms with van der Waals surface area (Å²) in [7, 11) is 9.96. The average molecular weight is 1910 g/mol. The zero-order chi connectivity index (χ0) is 98.5. The number of aromatic nitrogens is 27. The second-order valence-corrected chi connectivity index (χ2v) is 37.3. The number of aryl methyl sites for hydroxylation is 7. The van der Waals surface area contributed by atoms with Crippen molar-refractivity contribution < 1.29 is 0 Å². The molecular weight excluding hydrogens is 1800 g/mol. The van der Waals surface area contributed by atoms with E-state index in [1.54, 1.807) is 105 Å². The topological polar surface area (TPSA) is 375 Å². The first kappa shape index (κ1) is 93.1. The Hall–Kier alpha value is -16.2. The van der Waals surface area contributed by atoms with Crippen molar-refractivity contribution in [1.82, 2.24) is 155 Å². The van der Waals surface area contributed by atoms with E-state index in [9.17, 15) is 24.0 Å². The summed E-state index contributed by atoms with van der Waals surface area (Å²) < 4.78 is 17.0. The summed E-state index contributed by atoms with van der Waals surface area (Å²) in [5.74, 6) is 0.778. The summed E-state index contributed by atoms with van der Waals surface area (Å²) in [4.78, 5) is 129. The van der Waals surface area contributed by atoms with Gasteiger partial charge in [-0.3, -0.25) is 99.8 Å². The molecule has 0 unspecified atom stereocenters. The number of nitrogens with one attached hydrogen (secondary N) is 1. The molecule has 37 heteroatoms. The van der Waals surface area contributed by atoms with Crippen LogP contribution in [0.3, 0.4) is 0 Å². The lowest BCUT2D eigenvalue weighted by molar-refractivity contribution is 0.220. The van der Waals surface area contributed by atoms with E-state index in [1.807, 2.05) is 179 Å². The summed E-state index contributed by atoms with van der Waals surface area (Å²) in [6.07, 6.45) is 40.3. The molecule has 1 N–H and O–H groups in total. The van der Waals surface area contributed by atoms with Crippen LogP contribution in [0.4, 0.5) is 0 Å². The predicted octanol–water partition coefficient (Wildman–Crippen LogP) is 12.0. The molecular formula is C106H108N32O5. The van der Waals surface area contributed by atoms with Gasteiger partial charge in [-0.15, -0.1) is 0 Å². The fourth-order valence-electron chi connectivity index (χ4n) is 19.5. The first-order chi connectivity index (χ1) is 69.4. The normalized spacial score (nSPS) is 15.4. The standard InChI is InChI=1S/C22H25N7O.C22H22N6O.C21H23N7O.C21H20N6O.C20H18N6O/c1-4-27-7-5-16(6-8-27)19-13-28-21(11-23-19)25-17(10-22(28)30)18-9-20-15(3)24-14(2)12-29(20)26-18;1-3-27-8-6-15(7-9-27)19-14-28-21(13-23-19)25-18(11-22(28)29)16-4-5-20-17(10-16)12-24-26(20)2;1-13-11-28-19(14(2)23-13)8-17(25-28)16-9-21(29)27-12-18(22-10-20(27)24-16)15-4-6-26(3)7-5-15;1-25-7-5-14(6-8-25)18-13-27-20(12-22-18)24-17(10-21(27)28)15-3-4-19-16(9-15)11-23-26(19)2;1-25-18-3-2-14(8-15(18)10-23-25)16-9-20(27)26-12-17(22-11-19(26)24-16)13-4-6-21-7-5-13/h9-13,16H,4-8H2,1-3H3;4-6,10-14H,3,7-9H2,1-2H3;8-12,15H,4-7H2,1-3H3;3-5,9-13H,6-8H2,1-2H3;2-4,8-12,21H,5-7H2,1H3. The first-order valence-electron chi connectivity index (χ1n) is 48.4. The van der Waals surface area contributed by atoms with Crippen LogP contribution in [-0.4, -0.2) is 243 Å². The van der Waals surface area contributed by atoms with Gasteiger partial charge in [0.25, 0.3) is 27.8 Å². The molecule has 5 aliphatic rings. The van der Waals surface area contributed by atoms with E-state index in [-0.39, 0.29) is 27.8 Å². The van der Waals surface area contributed by atoms with E-state index < -0.39 is 0 Å². The third-order valence-corrected chi connectivity index (χ3v) is 27.8. The molecule has 20 aromatic rings. The van der Waals surface area contributed by atoms with Crippen LogP contribution >= 0.6 is 0 Å². The van der Waals surface area contributed by atoms with Gasteiger partial charge in [0.15, 0.2) is 28.2 Å². The maximum absolute atomic E-state index is 12.9. The summed E-state index contributed by atoms with van der Waals surface area (Å²) in [5.41, 5.74) is 25.6. The van der Waals surface area contributed by atoms with Gasteiger partial charge in [0, 0.05) is 160 Å². The van der Waals surface area contributed by atoms with Crippen LogP contribution in [0.25, 0.3) is 145 Å². The Labute approximate surface area is 819 Å². The maximum Gasteiger partial charge on any atom is 0.258 e. The van der Waals surface area contributed by atoms with Crippen molar-refractivity contribution in [2.24, 2.45) is 21.1 Å². The maximum atomic E-state index is 12.9. The molecule has 0 atom stereocenters. The molecule has 17 aromatic heterocycles. The van der Waals surface area contributed by atoms with E-state index in [0.717, 1.165) is 241 Å². The second-order valence-electron chi connectivity index (χ2n) is 37.3. The number of likely N-dealkylation sites (N-methyl/N-ethyl adjacent to an activating group) is 2. The Kier molecular flexibility index (Phi) is 25.7. The van der Waals surface area contributed by atoms with Gasteiger partial charge in [-0.25, -0.2) is 34.0 Å². The van der Waals surface area contributed by atoms with Crippen molar-refractivity contribution in [2.45, 2.75) is 98.3 Å². The van der Waals surface area contributed by atoms with Gasteiger partial charge in [-0.05, 0) is 198 Å². The minimum atomic E-state index is -0.121. The number of likely N-dealkylation sites (tertiary alicyclic amines) is 2. The largest absolute Gasteiger partial charge is 0.313 e. The Morgan fingerprint density at radius 3 is 1.08 bits per heavy atom. The molecule has 722 valence electrons. The molecule has 0 saturated carbocycles. The van der Waals surface area contributed by atoms with Crippen molar-refractivity contribution in [3.05, 3.63) is 311 Å². The molecule has 2 saturated heterocycles. The molecule has 2 fully saturated rings. The Morgan fingerprint density at radius 2 is 0.699 bits per heavy atom. The minimum Gasteiger partial charge on any atom is -0.313 e. The number of piperidine rings is 2. The number of rotatable bonds is 12. The van der Waals surface area contributed by atoms with Crippen LogP contribution in [0.5, 0.6) is 0 Å². The fraction of sp³-hybridized carbons (Fsp3) is 0.302. The van der Waals surface area contributed by atoms with E-state index in [0.29, 0.717) is 79.9 Å². The highest BCUT2D eigenvalue weighted by Crippen LogP contribution is 2.33. The van der Waals surface area contributed by atoms with Gasteiger partial charge in [-0.2, -0.15) is 25.5 Å². The van der Waals surface area contributed by atoms with Crippen LogP contribution in [0.15, 0.2) is 232 Å². The molecule has 22 heterocycles. The summed E-state index contributed by atoms with van der Waals surface area (Å²) in [5, 5.41) is 28.3. The Bertz CT molecular complexity index is 8810. The third kappa shape index (κ3) is 19.4. The van der Waals surface area contributed by atoms with Gasteiger partial charge < -0.3 is 20.0 Å². The lowest BCUT2D eigenvalue weighted by atomic mass is 9.94. The fourth-order valence-corrected chi connectivity index (χ4v) is 19.5. The predicted molar refractivity (Wildman–Crippen MR) is 552 cm³/mol. The van der Waals surface area contributed by atoms with E-state index in [1.165, 1.54) is 11.1 Å². The summed E-state index contributed by atoms with van der Waals surface area (Å²) in [6.45, 7) is 24.1. The zero-order valence-corrected chi connectivity index (χ0v) is 81.6. The minimum absolute atomic E-state index is 0.105. The molecule has 0 spiro atoms. The average Bonchev–Trinajstić information content (AvgIpc) is 1.65. The number of fused-ring (bicyclic) bond motifs is 10. The highest BCUT2D eigenvalue weighted by atomic mass is 16.1. The molecule has 0 bridgehead atoms. The quantitative estimate of drug-likeness (QED) is 0.119. The third-order valence-electron chi connectivity index (χ3n) is 27.8. The lowest BCUT2D eigenvalue weighted by Gasteiger charge is -2.30. The van der Waals surface area contributed by atoms with Crippen molar-refractivity contribution in [3.8, 4) is 56.5 Å². The van der Waals surface area contributed by atoms with Crippen LogP contribution in [0, 0.1) is 27.7 Å². The van der Waals surface area contributed by atoms with Crippen LogP contribution in [0.2, 0.25) is 0 Å². The number of benzene rings is 3. The molecule has 0 radical (unpaired) electrons. The van der Waals surface area contributed by atoms with Crippen molar-refractivity contribution in [3.63, 3.8) is 0 Å². The smallest absolute Gasteiger partial charge is 0.258 e. The molecule has 3 aromatic carbocycles. The van der Waals surface area contributed by atoms with Crippen molar-refractivity contribution in [1.29, 1.82) is 0 Å². The number of hydrogen-bond donors (Lipinski definition) is 1. The molecule has 0 amide bonds. The van der Waals surface area contributed by atoms with Crippen molar-refractivity contribution in [2.75, 3.05) is 92.6 Å². The first-order valence-corrected chi connectivity index (χ1v) is 48.4. The number of nitrogens with zero attached hydrogens (tertiary/aromatic N) is 31. The van der Waals surface area contributed by atoms with E-state index in [2.05, 4.69) is 156 Å². The van der Waals surface area contributed by atoms with Gasteiger partial charge in [0.2, 0.25) is 0 Å². The zero-order valence-electron chi connectivity index (χ0n) is 81.6. The number of hydrogen-bond acceptors (Lipinski definition) is 27. The highest BCUT2D eigenvalue weighted by molar-refractivity contribution is 5.87. The monoisotopic (exact) mass is 1910 g/mol. The van der Waals surface area contributed by atoms with Crippen LogP contribution < -0.4 is 33.1 Å². The second kappa shape index (κ2) is 39.5. The highest BCUT2D eigenvalue weighted by Gasteiger charge is 2.26. The molecule has 0 aliphatic carbocycles. The van der Waals surface area contributed by atoms with Crippen LogP contribution in [0.1, 0.15) is 122 Å². The Balaban J connectivity index is 0.000000106. The van der Waals surface area contributed by atoms with Gasteiger partial charge in [0.1, 0.15) is 11.4 Å². The SMILES string of the molecule is CCN1CC=C(c2cn3c(=O)cc(-c4ccc5c(cnn5C)c4)nc3cn2)CC1.CCN1CCC(c2cn3c(=O)cc(-c4cc5c(C)nc(C)cn5n4)nc3cn2)CC1.CN1CC=C(c2cn3c(=O)cc(-c4ccc5c(cnn5C)c4)nc3cn2)CC1.Cc1cn2nc(-c3cc(=O)n4cc(C5CCN(C)CC5)ncc4n3)cc2c(C)n1.Cn1ncc2cc(-c3cc(=O)n4cc(C5=CCNCC5)ncc4n3)ccc21. The molecule has 143 heavy (non-hydrogen) atoms. The van der Waals surface area contributed by atoms with E-state index >= 15 is 0 Å². The summed E-state index contributed by atoms with van der Waals surface area (Å²) >= 11 is 0. The summed E-state index contributed by atoms with van der Waals surface area (Å²) in [6, 6.07) is 29.6.